The summed E-state index contributed by atoms with van der Waals surface area (Å²) in [6, 6.07) is 17.4. The largest absolute Gasteiger partial charge is 0.491 e. The second-order valence-electron chi connectivity index (χ2n) is 9.40. The summed E-state index contributed by atoms with van der Waals surface area (Å²) in [7, 11) is 0. The van der Waals surface area contributed by atoms with E-state index in [1.165, 1.54) is 0 Å². The van der Waals surface area contributed by atoms with Crippen molar-refractivity contribution in [3.63, 3.8) is 0 Å². The van der Waals surface area contributed by atoms with Crippen molar-refractivity contribution in [3.8, 4) is 28.4 Å². The Labute approximate surface area is 204 Å². The quantitative estimate of drug-likeness (QED) is 0.352. The molecule has 1 spiro atoms. The zero-order chi connectivity index (χ0) is 24.2. The standard InChI is InChI=1S/C29H27NO5/c1-3-4-5-12-30-23-11-7-10-21(20-9-6-8-19(13-20)18(2)31)27(23)29(28(30)32)16-33-24-15-26-25(14-22(24)29)34-17-35-26/h6-11,13-15H,3-5,12,16-17H2,1-2H3. The highest BCUT2D eigenvalue weighted by atomic mass is 16.7. The van der Waals surface area contributed by atoms with Crippen molar-refractivity contribution in [2.24, 2.45) is 0 Å². The van der Waals surface area contributed by atoms with Crippen LogP contribution in [0.5, 0.6) is 17.2 Å². The fourth-order valence-electron chi connectivity index (χ4n) is 5.57. The predicted octanol–water partition coefficient (Wildman–Crippen LogP) is 5.50. The zero-order valence-electron chi connectivity index (χ0n) is 19.9. The first kappa shape index (κ1) is 21.7. The van der Waals surface area contributed by atoms with Gasteiger partial charge < -0.3 is 19.1 Å². The number of amides is 1. The topological polar surface area (TPSA) is 65.1 Å². The molecule has 3 aliphatic heterocycles. The summed E-state index contributed by atoms with van der Waals surface area (Å²) in [4.78, 5) is 28.4. The molecule has 0 radical (unpaired) electrons. The number of unbranched alkanes of at least 4 members (excludes halogenated alkanes) is 2. The Morgan fingerprint density at radius 1 is 0.971 bits per heavy atom. The van der Waals surface area contributed by atoms with Crippen molar-refractivity contribution < 1.29 is 23.8 Å². The van der Waals surface area contributed by atoms with Crippen LogP contribution >= 0.6 is 0 Å². The molecule has 6 rings (SSSR count). The number of fused-ring (bicyclic) bond motifs is 5. The van der Waals surface area contributed by atoms with Gasteiger partial charge in [0, 0.05) is 35.0 Å². The van der Waals surface area contributed by atoms with E-state index in [4.69, 9.17) is 14.2 Å². The zero-order valence-corrected chi connectivity index (χ0v) is 19.9. The SMILES string of the molecule is CCCCCN1C(=O)C2(COc3cc4c(cc32)OCO4)c2c(-c3cccc(C(C)=O)c3)cccc21. The van der Waals surface area contributed by atoms with Crippen LogP contribution < -0.4 is 19.1 Å². The Morgan fingerprint density at radius 3 is 2.57 bits per heavy atom. The van der Waals surface area contributed by atoms with E-state index in [-0.39, 0.29) is 25.1 Å². The lowest BCUT2D eigenvalue weighted by Crippen LogP contribution is -2.43. The van der Waals surface area contributed by atoms with Gasteiger partial charge in [-0.25, -0.2) is 0 Å². The van der Waals surface area contributed by atoms with Gasteiger partial charge in [-0.15, -0.1) is 0 Å². The molecule has 1 unspecified atom stereocenters. The van der Waals surface area contributed by atoms with Gasteiger partial charge in [0.2, 0.25) is 12.7 Å². The number of benzene rings is 3. The van der Waals surface area contributed by atoms with Gasteiger partial charge in [-0.2, -0.15) is 0 Å². The third-order valence-corrected chi connectivity index (χ3v) is 7.31. The van der Waals surface area contributed by atoms with Crippen LogP contribution in [0.4, 0.5) is 5.69 Å². The number of carbonyl (C=O) groups excluding carboxylic acids is 2. The lowest BCUT2D eigenvalue weighted by molar-refractivity contribution is -0.122. The number of carbonyl (C=O) groups is 2. The molecule has 6 nitrogen and oxygen atoms in total. The average molecular weight is 470 g/mol. The molecule has 35 heavy (non-hydrogen) atoms. The second kappa shape index (κ2) is 8.15. The molecule has 3 aliphatic rings. The van der Waals surface area contributed by atoms with E-state index in [0.29, 0.717) is 29.4 Å². The Morgan fingerprint density at radius 2 is 1.77 bits per heavy atom. The molecule has 178 valence electrons. The van der Waals surface area contributed by atoms with Crippen LogP contribution in [0.15, 0.2) is 54.6 Å². The van der Waals surface area contributed by atoms with Crippen molar-refractivity contribution in [2.75, 3.05) is 24.8 Å². The fourth-order valence-corrected chi connectivity index (χ4v) is 5.57. The highest BCUT2D eigenvalue weighted by molar-refractivity contribution is 6.13. The minimum absolute atomic E-state index is 0.00802. The molecule has 0 N–H and O–H groups in total. The summed E-state index contributed by atoms with van der Waals surface area (Å²) in [6.07, 6.45) is 3.06. The van der Waals surface area contributed by atoms with E-state index >= 15 is 0 Å². The van der Waals surface area contributed by atoms with Crippen molar-refractivity contribution in [2.45, 2.75) is 38.5 Å². The molecule has 6 heteroatoms. The normalized spacial score (nSPS) is 19.1. The molecule has 0 bridgehead atoms. The number of anilines is 1. The highest BCUT2D eigenvalue weighted by Crippen LogP contribution is 2.57. The summed E-state index contributed by atoms with van der Waals surface area (Å²) < 4.78 is 17.4. The van der Waals surface area contributed by atoms with Gasteiger partial charge in [0.05, 0.1) is 0 Å². The monoisotopic (exact) mass is 469 g/mol. The maximum absolute atomic E-state index is 14.3. The Balaban J connectivity index is 1.58. The number of rotatable bonds is 6. The summed E-state index contributed by atoms with van der Waals surface area (Å²) in [5.41, 5.74) is 4.15. The number of ether oxygens (including phenoxy) is 3. The molecule has 0 saturated heterocycles. The van der Waals surface area contributed by atoms with Gasteiger partial charge >= 0.3 is 0 Å². The van der Waals surface area contributed by atoms with Crippen molar-refractivity contribution >= 4 is 17.4 Å². The van der Waals surface area contributed by atoms with Gasteiger partial charge in [0.25, 0.3) is 0 Å². The van der Waals surface area contributed by atoms with Gasteiger partial charge in [0.15, 0.2) is 17.3 Å². The number of Topliss-reactive ketones (excluding diaryl/α,β-unsaturated/α-hetero) is 1. The smallest absolute Gasteiger partial charge is 0.245 e. The van der Waals surface area contributed by atoms with E-state index in [2.05, 4.69) is 6.92 Å². The molecule has 0 aromatic heterocycles. The van der Waals surface area contributed by atoms with Gasteiger partial charge in [-0.1, -0.05) is 50.1 Å². The Hall–Kier alpha value is -3.80. The maximum atomic E-state index is 14.3. The molecule has 3 aromatic carbocycles. The van der Waals surface area contributed by atoms with Crippen LogP contribution in [0.25, 0.3) is 11.1 Å². The predicted molar refractivity (Wildman–Crippen MR) is 133 cm³/mol. The van der Waals surface area contributed by atoms with E-state index in [1.807, 2.05) is 59.5 Å². The molecule has 0 fully saturated rings. The van der Waals surface area contributed by atoms with Gasteiger partial charge in [-0.3, -0.25) is 9.59 Å². The summed E-state index contributed by atoms with van der Waals surface area (Å²) in [5.74, 6) is 1.94. The molecule has 0 aliphatic carbocycles. The molecule has 1 amide bonds. The minimum atomic E-state index is -0.985. The van der Waals surface area contributed by atoms with Crippen LogP contribution in [-0.4, -0.2) is 31.6 Å². The van der Waals surface area contributed by atoms with Gasteiger partial charge in [-0.05, 0) is 42.7 Å². The van der Waals surface area contributed by atoms with Gasteiger partial charge in [0.1, 0.15) is 17.8 Å². The Kier molecular flexibility index (Phi) is 5.06. The van der Waals surface area contributed by atoms with Crippen molar-refractivity contribution in [3.05, 3.63) is 71.3 Å². The van der Waals surface area contributed by atoms with Crippen LogP contribution in [0.1, 0.15) is 54.6 Å². The second-order valence-corrected chi connectivity index (χ2v) is 9.40. The highest BCUT2D eigenvalue weighted by Gasteiger charge is 2.58. The lowest BCUT2D eigenvalue weighted by atomic mass is 9.74. The number of hydrogen-bond donors (Lipinski definition) is 0. The number of nitrogens with zero attached hydrogens (tertiary/aromatic N) is 1. The van der Waals surface area contributed by atoms with E-state index in [0.717, 1.165) is 47.2 Å². The third kappa shape index (κ3) is 3.16. The number of ketones is 1. The first-order chi connectivity index (χ1) is 17.0. The first-order valence-electron chi connectivity index (χ1n) is 12.2. The Bertz CT molecular complexity index is 1360. The third-order valence-electron chi connectivity index (χ3n) is 7.31. The summed E-state index contributed by atoms with van der Waals surface area (Å²) in [5, 5.41) is 0. The van der Waals surface area contributed by atoms with Crippen LogP contribution in [0.2, 0.25) is 0 Å². The summed E-state index contributed by atoms with van der Waals surface area (Å²) >= 11 is 0. The minimum Gasteiger partial charge on any atom is -0.491 e. The fraction of sp³-hybridized carbons (Fsp3) is 0.310. The first-order valence-corrected chi connectivity index (χ1v) is 12.2. The lowest BCUT2D eigenvalue weighted by Gasteiger charge is -2.24. The van der Waals surface area contributed by atoms with Crippen LogP contribution in [-0.2, 0) is 10.2 Å². The van der Waals surface area contributed by atoms with E-state index in [1.54, 1.807) is 6.92 Å². The summed E-state index contributed by atoms with van der Waals surface area (Å²) in [6.45, 7) is 4.74. The van der Waals surface area contributed by atoms with E-state index in [9.17, 15) is 9.59 Å². The average Bonchev–Trinajstić information content (AvgIpc) is 3.55. The van der Waals surface area contributed by atoms with Crippen molar-refractivity contribution in [1.82, 2.24) is 0 Å². The molecule has 1 atom stereocenters. The maximum Gasteiger partial charge on any atom is 0.245 e. The van der Waals surface area contributed by atoms with E-state index < -0.39 is 5.41 Å². The van der Waals surface area contributed by atoms with Crippen LogP contribution in [0.3, 0.4) is 0 Å². The van der Waals surface area contributed by atoms with Crippen molar-refractivity contribution in [1.29, 1.82) is 0 Å². The van der Waals surface area contributed by atoms with Crippen LogP contribution in [0, 0.1) is 0 Å². The molecule has 0 saturated carbocycles. The number of hydrogen-bond acceptors (Lipinski definition) is 5. The molecular formula is C29H27NO5. The molecule has 3 heterocycles. The molecule has 3 aromatic rings. The molecular weight excluding hydrogens is 442 g/mol.